The average Bonchev–Trinajstić information content (AvgIpc) is 3.40. The van der Waals surface area contributed by atoms with Crippen LogP contribution in [-0.2, 0) is 19.3 Å². The molecule has 0 spiro atoms. The average molecular weight is 393 g/mol. The van der Waals surface area contributed by atoms with E-state index in [-0.39, 0.29) is 0 Å². The summed E-state index contributed by atoms with van der Waals surface area (Å²) >= 11 is 0. The second kappa shape index (κ2) is 5.69. The molecule has 7 rings (SSSR count). The van der Waals surface area contributed by atoms with Crippen LogP contribution in [0.1, 0.15) is 53.9 Å². The Morgan fingerprint density at radius 1 is 0.967 bits per heavy atom. The van der Waals surface area contributed by atoms with Gasteiger partial charge in [0.05, 0.1) is 5.92 Å². The van der Waals surface area contributed by atoms with Crippen LogP contribution in [0, 0.1) is 0 Å². The predicted molar refractivity (Wildman–Crippen MR) is 119 cm³/mol. The van der Waals surface area contributed by atoms with Gasteiger partial charge in [0.15, 0.2) is 0 Å². The highest BCUT2D eigenvalue weighted by atomic mass is 16.5. The summed E-state index contributed by atoms with van der Waals surface area (Å²) < 4.78 is 15.3. The minimum atomic E-state index is 0.317. The van der Waals surface area contributed by atoms with E-state index in [1.54, 1.807) is 0 Å². The third-order valence-corrected chi connectivity index (χ3v) is 7.05. The standard InChI is InChI=1S/C27H23NO2/c1-15(2)28-21-12-11-18-16-7-3-6-10-24(16)30-27(18)26(21)20-14-25-19(13-22(20)28)17-8-4-5-9-23(17)29-25/h3-10,14-15,19H,11-13H2,1-2H3. The fraction of sp³-hybridized carbons (Fsp3) is 0.259. The molecule has 0 amide bonds. The monoisotopic (exact) mass is 393 g/mol. The molecule has 0 saturated carbocycles. The van der Waals surface area contributed by atoms with E-state index >= 15 is 0 Å². The Kier molecular flexibility index (Phi) is 3.15. The Morgan fingerprint density at radius 2 is 1.80 bits per heavy atom. The summed E-state index contributed by atoms with van der Waals surface area (Å²) in [5.41, 5.74) is 9.11. The largest absolute Gasteiger partial charge is 0.461 e. The van der Waals surface area contributed by atoms with Crippen molar-refractivity contribution >= 4 is 17.0 Å². The molecule has 0 bridgehead atoms. The van der Waals surface area contributed by atoms with Crippen molar-refractivity contribution in [2.24, 2.45) is 0 Å². The van der Waals surface area contributed by atoms with Crippen LogP contribution < -0.4 is 4.74 Å². The van der Waals surface area contributed by atoms with Crippen LogP contribution in [0.15, 0.2) is 58.7 Å². The lowest BCUT2D eigenvalue weighted by atomic mass is 9.85. The molecule has 2 aromatic carbocycles. The molecule has 148 valence electrons. The number of hydrogen-bond acceptors (Lipinski definition) is 2. The van der Waals surface area contributed by atoms with Gasteiger partial charge in [0, 0.05) is 51.5 Å². The first-order valence-corrected chi connectivity index (χ1v) is 11.0. The van der Waals surface area contributed by atoms with Crippen LogP contribution >= 0.6 is 0 Å². The molecule has 3 heteroatoms. The van der Waals surface area contributed by atoms with Gasteiger partial charge in [-0.25, -0.2) is 0 Å². The Hall–Kier alpha value is -3.20. The van der Waals surface area contributed by atoms with Crippen LogP contribution in [0.25, 0.3) is 28.4 Å². The minimum absolute atomic E-state index is 0.317. The van der Waals surface area contributed by atoms with Gasteiger partial charge in [-0.3, -0.25) is 0 Å². The molecule has 2 aliphatic carbocycles. The molecule has 1 atom stereocenters. The van der Waals surface area contributed by atoms with Crippen molar-refractivity contribution in [1.29, 1.82) is 0 Å². The van der Waals surface area contributed by atoms with Gasteiger partial charge in [-0.2, -0.15) is 0 Å². The van der Waals surface area contributed by atoms with Gasteiger partial charge in [0.2, 0.25) is 0 Å². The number of ether oxygens (including phenoxy) is 1. The summed E-state index contributed by atoms with van der Waals surface area (Å²) in [6.45, 7) is 4.60. The fourth-order valence-electron chi connectivity index (χ4n) is 5.88. The second-order valence-electron chi connectivity index (χ2n) is 9.00. The Labute approximate surface area is 175 Å². The molecule has 3 nitrogen and oxygen atoms in total. The van der Waals surface area contributed by atoms with Gasteiger partial charge in [-0.05, 0) is 44.9 Å². The molecule has 3 aliphatic rings. The van der Waals surface area contributed by atoms with Crippen molar-refractivity contribution in [3.05, 3.63) is 82.4 Å². The van der Waals surface area contributed by atoms with Gasteiger partial charge in [-0.1, -0.05) is 36.4 Å². The summed E-state index contributed by atoms with van der Waals surface area (Å²) in [7, 11) is 0. The molecular weight excluding hydrogens is 370 g/mol. The molecule has 30 heavy (non-hydrogen) atoms. The highest BCUT2D eigenvalue weighted by molar-refractivity contribution is 5.92. The van der Waals surface area contributed by atoms with Crippen molar-refractivity contribution in [3.8, 4) is 17.1 Å². The maximum atomic E-state index is 6.47. The van der Waals surface area contributed by atoms with E-state index in [0.29, 0.717) is 12.0 Å². The number of para-hydroxylation sites is 2. The SMILES string of the molecule is CC(C)n1c2c(c3c1CCc1c-3oc3ccccc13)C=C1Oc3ccccc3C1C2. The first-order chi connectivity index (χ1) is 14.7. The lowest BCUT2D eigenvalue weighted by Gasteiger charge is -2.22. The minimum Gasteiger partial charge on any atom is -0.461 e. The number of nitrogens with zero attached hydrogens (tertiary/aromatic N) is 1. The zero-order valence-electron chi connectivity index (χ0n) is 17.2. The Bertz CT molecular complexity index is 1380. The van der Waals surface area contributed by atoms with Crippen LogP contribution in [0.4, 0.5) is 0 Å². The van der Waals surface area contributed by atoms with Crippen molar-refractivity contribution in [2.45, 2.75) is 45.1 Å². The molecule has 2 aromatic heterocycles. The van der Waals surface area contributed by atoms with Crippen LogP contribution in [0.2, 0.25) is 0 Å². The Balaban J connectivity index is 1.50. The van der Waals surface area contributed by atoms with Gasteiger partial charge < -0.3 is 13.7 Å². The highest BCUT2D eigenvalue weighted by Gasteiger charge is 2.39. The molecule has 4 aromatic rings. The molecule has 0 N–H and O–H groups in total. The molecule has 1 aliphatic heterocycles. The summed E-state index contributed by atoms with van der Waals surface area (Å²) in [4.78, 5) is 0. The molecule has 0 saturated heterocycles. The topological polar surface area (TPSA) is 27.3 Å². The van der Waals surface area contributed by atoms with E-state index in [9.17, 15) is 0 Å². The van der Waals surface area contributed by atoms with Crippen LogP contribution in [0.3, 0.4) is 0 Å². The number of furan rings is 1. The second-order valence-corrected chi connectivity index (χ2v) is 9.00. The molecule has 0 radical (unpaired) electrons. The summed E-state index contributed by atoms with van der Waals surface area (Å²) in [5.74, 6) is 3.47. The van der Waals surface area contributed by atoms with E-state index in [1.807, 2.05) is 0 Å². The number of allylic oxidation sites excluding steroid dienone is 1. The summed E-state index contributed by atoms with van der Waals surface area (Å²) in [6.07, 6.45) is 5.37. The maximum absolute atomic E-state index is 6.47. The lowest BCUT2D eigenvalue weighted by molar-refractivity contribution is 0.424. The van der Waals surface area contributed by atoms with Crippen molar-refractivity contribution in [2.75, 3.05) is 0 Å². The molecular formula is C27H23NO2. The van der Waals surface area contributed by atoms with Gasteiger partial charge in [0.1, 0.15) is 22.9 Å². The van der Waals surface area contributed by atoms with Crippen molar-refractivity contribution in [1.82, 2.24) is 4.57 Å². The smallest absolute Gasteiger partial charge is 0.141 e. The lowest BCUT2D eigenvalue weighted by Crippen LogP contribution is -2.16. The van der Waals surface area contributed by atoms with E-state index in [1.165, 1.54) is 39.0 Å². The molecule has 0 fully saturated rings. The zero-order chi connectivity index (χ0) is 20.0. The first kappa shape index (κ1) is 16.6. The number of benzene rings is 2. The van der Waals surface area contributed by atoms with Crippen molar-refractivity contribution in [3.63, 3.8) is 0 Å². The van der Waals surface area contributed by atoms with Crippen LogP contribution in [-0.4, -0.2) is 4.57 Å². The highest BCUT2D eigenvalue weighted by Crippen LogP contribution is 2.52. The molecule has 1 unspecified atom stereocenters. The summed E-state index contributed by atoms with van der Waals surface area (Å²) in [6, 6.07) is 17.3. The number of hydrogen-bond donors (Lipinski definition) is 0. The van der Waals surface area contributed by atoms with E-state index in [0.717, 1.165) is 42.1 Å². The number of rotatable bonds is 1. The quantitative estimate of drug-likeness (QED) is 0.362. The Morgan fingerprint density at radius 3 is 2.70 bits per heavy atom. The number of aromatic nitrogens is 1. The zero-order valence-corrected chi connectivity index (χ0v) is 17.2. The van der Waals surface area contributed by atoms with Gasteiger partial charge >= 0.3 is 0 Å². The van der Waals surface area contributed by atoms with Crippen molar-refractivity contribution < 1.29 is 9.15 Å². The summed E-state index contributed by atoms with van der Waals surface area (Å²) in [5, 5.41) is 1.26. The first-order valence-electron chi connectivity index (χ1n) is 11.0. The van der Waals surface area contributed by atoms with E-state index in [2.05, 4.69) is 73.0 Å². The number of fused-ring (bicyclic) bond motifs is 10. The molecule has 3 heterocycles. The van der Waals surface area contributed by atoms with Crippen LogP contribution in [0.5, 0.6) is 5.75 Å². The predicted octanol–water partition coefficient (Wildman–Crippen LogP) is 6.65. The van der Waals surface area contributed by atoms with Gasteiger partial charge in [-0.15, -0.1) is 0 Å². The number of aryl methyl sites for hydroxylation is 1. The van der Waals surface area contributed by atoms with E-state index in [4.69, 9.17) is 9.15 Å². The van der Waals surface area contributed by atoms with E-state index < -0.39 is 0 Å². The normalized spacial score (nSPS) is 18.4. The maximum Gasteiger partial charge on any atom is 0.141 e. The third kappa shape index (κ3) is 2.00. The van der Waals surface area contributed by atoms with Gasteiger partial charge in [0.25, 0.3) is 0 Å². The third-order valence-electron chi connectivity index (χ3n) is 7.05. The fourth-order valence-corrected chi connectivity index (χ4v) is 5.88.